The molecule has 3 N–H and O–H groups in total. The first-order valence-electron chi connectivity index (χ1n) is 9.67. The molecule has 0 aliphatic heterocycles. The number of carbonyl (C=O) groups excluding carboxylic acids is 1. The van der Waals surface area contributed by atoms with Crippen molar-refractivity contribution in [1.82, 2.24) is 25.2 Å². The van der Waals surface area contributed by atoms with Crippen molar-refractivity contribution in [1.29, 1.82) is 0 Å². The summed E-state index contributed by atoms with van der Waals surface area (Å²) in [5, 5.41) is 7.64. The summed E-state index contributed by atoms with van der Waals surface area (Å²) in [7, 11) is -3.12. The number of sulfonamides is 1. The summed E-state index contributed by atoms with van der Waals surface area (Å²) in [6, 6.07) is 2.89. The molecule has 33 heavy (non-hydrogen) atoms. The van der Waals surface area contributed by atoms with E-state index in [2.05, 4.69) is 41.2 Å². The highest BCUT2D eigenvalue weighted by Gasteiger charge is 2.35. The molecule has 1 aromatic carbocycles. The van der Waals surface area contributed by atoms with Gasteiger partial charge in [-0.05, 0) is 58.6 Å². The first-order valence-corrected chi connectivity index (χ1v) is 11.9. The zero-order valence-electron chi connectivity index (χ0n) is 18.1. The fourth-order valence-electron chi connectivity index (χ4n) is 3.43. The second-order valence-electron chi connectivity index (χ2n) is 7.33. The van der Waals surface area contributed by atoms with Crippen LogP contribution in [0.15, 0.2) is 43.1 Å². The zero-order valence-corrected chi connectivity index (χ0v) is 20.5. The number of halogens is 2. The maximum atomic E-state index is 14.8. The lowest BCUT2D eigenvalue weighted by molar-refractivity contribution is 0.0959. The molecule has 0 spiro atoms. The minimum atomic E-state index is -4.47. The highest BCUT2D eigenvalue weighted by Crippen LogP contribution is 2.35. The first kappa shape index (κ1) is 24.7. The van der Waals surface area contributed by atoms with E-state index in [4.69, 9.17) is 4.42 Å². The second-order valence-corrected chi connectivity index (χ2v) is 9.87. The van der Waals surface area contributed by atoms with E-state index in [0.717, 1.165) is 5.56 Å². The predicted octanol–water partition coefficient (Wildman–Crippen LogP) is 2.46. The summed E-state index contributed by atoms with van der Waals surface area (Å²) >= 11 is 3.16. The lowest BCUT2D eigenvalue weighted by Gasteiger charge is -2.25. The summed E-state index contributed by atoms with van der Waals surface area (Å²) in [6.07, 6.45) is 1.22. The topological polar surface area (TPSA) is 147 Å². The quantitative estimate of drug-likeness (QED) is 0.416. The Labute approximate surface area is 197 Å². The minimum absolute atomic E-state index is 0.216. The smallest absolute Gasteiger partial charge is 0.391 e. The van der Waals surface area contributed by atoms with Crippen molar-refractivity contribution in [3.63, 3.8) is 0 Å². The summed E-state index contributed by atoms with van der Waals surface area (Å²) in [5.74, 6) is -3.29. The fourth-order valence-corrected chi connectivity index (χ4v) is 5.15. The molecular weight excluding hydrogens is 521 g/mol. The Bertz CT molecular complexity index is 1370. The molecule has 10 nitrogen and oxygen atoms in total. The Morgan fingerprint density at radius 3 is 2.61 bits per heavy atom. The molecule has 0 bridgehead atoms. The number of hydrogen-bond donors (Lipinski definition) is 3. The van der Waals surface area contributed by atoms with Gasteiger partial charge in [-0.25, -0.2) is 27.7 Å². The third-order valence-corrected chi connectivity index (χ3v) is 7.07. The van der Waals surface area contributed by atoms with Gasteiger partial charge < -0.3 is 9.73 Å². The standard InChI is InChI=1S/C20H21BrFN5O5S/c1-9-5-6-14(22)15(10(9)2)11(3)16(18-25-26-20(29)32-18)27-33(30,31)19-13(17(28)23-4)7-12(21)8-24-19/h5-8,11,16,27H,1-4H3,(H,23,28)(H,26,29)/t11-,16+/m1/s1. The van der Waals surface area contributed by atoms with Crippen LogP contribution >= 0.6 is 15.9 Å². The number of rotatable bonds is 7. The van der Waals surface area contributed by atoms with Crippen LogP contribution in [0.2, 0.25) is 0 Å². The Hall–Kier alpha value is -2.90. The number of hydrogen-bond acceptors (Lipinski definition) is 7. The number of H-pyrrole nitrogens is 1. The third kappa shape index (κ3) is 5.04. The van der Waals surface area contributed by atoms with Crippen LogP contribution in [0, 0.1) is 19.7 Å². The van der Waals surface area contributed by atoms with Gasteiger partial charge in [0.2, 0.25) is 5.89 Å². The predicted molar refractivity (Wildman–Crippen MR) is 120 cm³/mol. The van der Waals surface area contributed by atoms with Crippen LogP contribution in [-0.4, -0.2) is 36.6 Å². The number of aromatic nitrogens is 3. The number of nitrogens with one attached hydrogen (secondary N) is 3. The van der Waals surface area contributed by atoms with E-state index in [1.54, 1.807) is 26.8 Å². The molecule has 0 aliphatic rings. The van der Waals surface area contributed by atoms with Gasteiger partial charge in [0.15, 0.2) is 5.03 Å². The van der Waals surface area contributed by atoms with E-state index in [1.165, 1.54) is 25.4 Å². The van der Waals surface area contributed by atoms with Gasteiger partial charge in [0.1, 0.15) is 11.9 Å². The minimum Gasteiger partial charge on any atom is -0.391 e. The van der Waals surface area contributed by atoms with Gasteiger partial charge in [-0.15, -0.1) is 5.10 Å². The van der Waals surface area contributed by atoms with Crippen molar-refractivity contribution in [3.8, 4) is 0 Å². The lowest BCUT2D eigenvalue weighted by Crippen LogP contribution is -2.35. The van der Waals surface area contributed by atoms with E-state index in [9.17, 15) is 22.4 Å². The molecule has 0 unspecified atom stereocenters. The average molecular weight is 542 g/mol. The number of aromatic amines is 1. The molecule has 176 valence electrons. The molecule has 0 radical (unpaired) electrons. The molecule has 2 aromatic heterocycles. The van der Waals surface area contributed by atoms with Crippen LogP contribution in [0.25, 0.3) is 0 Å². The molecular formula is C20H21BrFN5O5S. The van der Waals surface area contributed by atoms with Crippen molar-refractivity contribution in [2.24, 2.45) is 0 Å². The molecule has 0 saturated carbocycles. The van der Waals surface area contributed by atoms with Crippen LogP contribution in [0.5, 0.6) is 0 Å². The van der Waals surface area contributed by atoms with Crippen LogP contribution in [0.3, 0.4) is 0 Å². The molecule has 3 aromatic rings. The normalized spacial score (nSPS) is 13.5. The average Bonchev–Trinajstić information content (AvgIpc) is 3.20. The van der Waals surface area contributed by atoms with Crippen LogP contribution in [0.4, 0.5) is 4.39 Å². The van der Waals surface area contributed by atoms with E-state index < -0.39 is 44.5 Å². The highest BCUT2D eigenvalue weighted by atomic mass is 79.9. The van der Waals surface area contributed by atoms with Gasteiger partial charge in [0, 0.05) is 23.6 Å². The Morgan fingerprint density at radius 1 is 1.30 bits per heavy atom. The fraction of sp³-hybridized carbons (Fsp3) is 0.300. The Kier molecular flexibility index (Phi) is 7.14. The van der Waals surface area contributed by atoms with Gasteiger partial charge in [-0.3, -0.25) is 4.79 Å². The number of carbonyl (C=O) groups is 1. The van der Waals surface area contributed by atoms with E-state index in [-0.39, 0.29) is 17.0 Å². The summed E-state index contributed by atoms with van der Waals surface area (Å²) in [5.41, 5.74) is 1.41. The third-order valence-electron chi connectivity index (χ3n) is 5.23. The second kappa shape index (κ2) is 9.53. The van der Waals surface area contributed by atoms with Crippen LogP contribution < -0.4 is 15.8 Å². The summed E-state index contributed by atoms with van der Waals surface area (Å²) in [4.78, 5) is 27.8. The molecule has 0 saturated heterocycles. The van der Waals surface area contributed by atoms with Crippen LogP contribution in [-0.2, 0) is 10.0 Å². The molecule has 0 aliphatic carbocycles. The summed E-state index contributed by atoms with van der Waals surface area (Å²) < 4.78 is 49.3. The van der Waals surface area contributed by atoms with Crippen molar-refractivity contribution < 1.29 is 22.0 Å². The molecule has 13 heteroatoms. The SMILES string of the molecule is CNC(=O)c1cc(Br)cnc1S(=O)(=O)N[C@H](c1n[nH]c(=O)o1)[C@H](C)c1c(F)ccc(C)c1C. The number of pyridine rings is 1. The van der Waals surface area contributed by atoms with E-state index in [1.807, 2.05) is 0 Å². The maximum Gasteiger partial charge on any atom is 0.434 e. The number of nitrogens with zero attached hydrogens (tertiary/aromatic N) is 2. The molecule has 1 amide bonds. The van der Waals surface area contributed by atoms with E-state index in [0.29, 0.717) is 10.0 Å². The lowest BCUT2D eigenvalue weighted by atomic mass is 9.88. The first-order chi connectivity index (χ1) is 15.5. The maximum absolute atomic E-state index is 14.8. The number of benzene rings is 1. The summed E-state index contributed by atoms with van der Waals surface area (Å²) in [6.45, 7) is 5.07. The largest absolute Gasteiger partial charge is 0.434 e. The number of aryl methyl sites for hydroxylation is 1. The highest BCUT2D eigenvalue weighted by molar-refractivity contribution is 9.10. The Balaban J connectivity index is 2.14. The van der Waals surface area contributed by atoms with Gasteiger partial charge >= 0.3 is 5.76 Å². The molecule has 0 fully saturated rings. The number of amides is 1. The van der Waals surface area contributed by atoms with Gasteiger partial charge in [0.05, 0.1) is 5.56 Å². The van der Waals surface area contributed by atoms with E-state index >= 15 is 0 Å². The van der Waals surface area contributed by atoms with Crippen molar-refractivity contribution in [2.75, 3.05) is 7.05 Å². The van der Waals surface area contributed by atoms with Gasteiger partial charge in [0.25, 0.3) is 15.9 Å². The zero-order chi connectivity index (χ0) is 24.5. The van der Waals surface area contributed by atoms with Crippen LogP contribution in [0.1, 0.15) is 51.8 Å². The van der Waals surface area contributed by atoms with Gasteiger partial charge in [-0.1, -0.05) is 13.0 Å². The van der Waals surface area contributed by atoms with Crippen molar-refractivity contribution >= 4 is 31.9 Å². The monoisotopic (exact) mass is 541 g/mol. The molecule has 3 rings (SSSR count). The van der Waals surface area contributed by atoms with Crippen molar-refractivity contribution in [2.45, 2.75) is 37.8 Å². The van der Waals surface area contributed by atoms with Crippen molar-refractivity contribution in [3.05, 3.63) is 73.4 Å². The van der Waals surface area contributed by atoms with Gasteiger partial charge in [-0.2, -0.15) is 4.72 Å². The Morgan fingerprint density at radius 2 is 2.00 bits per heavy atom. The molecule has 2 atom stereocenters. The molecule has 2 heterocycles.